The Bertz CT molecular complexity index is 1000. The Balaban J connectivity index is 1.71. The maximum absolute atomic E-state index is 12.9. The molecule has 1 N–H and O–H groups in total. The monoisotopic (exact) mass is 400 g/mol. The zero-order valence-corrected chi connectivity index (χ0v) is 16.1. The highest BCUT2D eigenvalue weighted by Gasteiger charge is 2.19. The van der Waals surface area contributed by atoms with Gasteiger partial charge in [-0.3, -0.25) is 4.79 Å². The lowest BCUT2D eigenvalue weighted by atomic mass is 10.0. The lowest BCUT2D eigenvalue weighted by Crippen LogP contribution is -2.31. The number of hydrogen-bond acceptors (Lipinski definition) is 3. The van der Waals surface area contributed by atoms with Crippen molar-refractivity contribution in [2.24, 2.45) is 0 Å². The molecule has 1 saturated heterocycles. The molecule has 1 aromatic heterocycles. The molecule has 1 aliphatic rings. The minimum atomic E-state index is -0.134. The summed E-state index contributed by atoms with van der Waals surface area (Å²) in [5.74, 6) is -0.134. The summed E-state index contributed by atoms with van der Waals surface area (Å²) in [5, 5.41) is 4.74. The summed E-state index contributed by atoms with van der Waals surface area (Å²) in [6.07, 6.45) is 2.11. The lowest BCUT2D eigenvalue weighted by Gasteiger charge is -2.13. The minimum absolute atomic E-state index is 0.0941. The molecular formula is C21H18Cl2N2O2. The van der Waals surface area contributed by atoms with Gasteiger partial charge in [0.15, 0.2) is 0 Å². The van der Waals surface area contributed by atoms with Gasteiger partial charge in [0.1, 0.15) is 0 Å². The number of nitrogens with one attached hydrogen (secondary N) is 1. The van der Waals surface area contributed by atoms with Crippen molar-refractivity contribution in [2.45, 2.75) is 18.9 Å². The Morgan fingerprint density at radius 2 is 2.00 bits per heavy atom. The van der Waals surface area contributed by atoms with Gasteiger partial charge in [-0.25, -0.2) is 4.98 Å². The number of halogens is 2. The average Bonchev–Trinajstić information content (AvgIpc) is 3.21. The fraction of sp³-hybridized carbons (Fsp3) is 0.238. The topological polar surface area (TPSA) is 51.2 Å². The maximum atomic E-state index is 12.9. The van der Waals surface area contributed by atoms with Crippen LogP contribution < -0.4 is 5.32 Å². The van der Waals surface area contributed by atoms with E-state index >= 15 is 0 Å². The number of rotatable bonds is 4. The van der Waals surface area contributed by atoms with Crippen LogP contribution in [0.3, 0.4) is 0 Å². The molecule has 138 valence electrons. The van der Waals surface area contributed by atoms with E-state index in [9.17, 15) is 4.79 Å². The van der Waals surface area contributed by atoms with Crippen LogP contribution in [0.1, 0.15) is 23.2 Å². The molecular weight excluding hydrogens is 383 g/mol. The van der Waals surface area contributed by atoms with Crippen molar-refractivity contribution < 1.29 is 9.53 Å². The van der Waals surface area contributed by atoms with Gasteiger partial charge in [0.2, 0.25) is 0 Å². The van der Waals surface area contributed by atoms with Crippen LogP contribution in [0.5, 0.6) is 0 Å². The van der Waals surface area contributed by atoms with Gasteiger partial charge in [0.05, 0.1) is 32.9 Å². The van der Waals surface area contributed by atoms with Crippen molar-refractivity contribution in [3.63, 3.8) is 0 Å². The molecule has 27 heavy (non-hydrogen) atoms. The summed E-state index contributed by atoms with van der Waals surface area (Å²) in [6, 6.07) is 14.7. The summed E-state index contributed by atoms with van der Waals surface area (Å²) in [4.78, 5) is 17.6. The Morgan fingerprint density at radius 3 is 2.78 bits per heavy atom. The summed E-state index contributed by atoms with van der Waals surface area (Å²) in [5.41, 5.74) is 2.82. The van der Waals surface area contributed by atoms with Crippen LogP contribution in [0.2, 0.25) is 10.0 Å². The molecule has 0 saturated carbocycles. The second-order valence-corrected chi connectivity index (χ2v) is 7.36. The molecule has 1 amide bonds. The highest BCUT2D eigenvalue weighted by molar-refractivity contribution is 6.42. The van der Waals surface area contributed by atoms with Gasteiger partial charge in [-0.1, -0.05) is 47.5 Å². The van der Waals surface area contributed by atoms with E-state index in [1.807, 2.05) is 30.3 Å². The molecule has 1 fully saturated rings. The zero-order valence-electron chi connectivity index (χ0n) is 14.5. The van der Waals surface area contributed by atoms with Crippen molar-refractivity contribution in [1.29, 1.82) is 0 Å². The summed E-state index contributed by atoms with van der Waals surface area (Å²) >= 11 is 12.2. The molecule has 3 aromatic rings. The van der Waals surface area contributed by atoms with E-state index in [0.29, 0.717) is 27.8 Å². The predicted octanol–water partition coefficient (Wildman–Crippen LogP) is 5.12. The fourth-order valence-corrected chi connectivity index (χ4v) is 3.57. The summed E-state index contributed by atoms with van der Waals surface area (Å²) in [7, 11) is 0. The predicted molar refractivity (Wildman–Crippen MR) is 109 cm³/mol. The average molecular weight is 401 g/mol. The molecule has 2 heterocycles. The first-order valence-corrected chi connectivity index (χ1v) is 9.62. The zero-order chi connectivity index (χ0) is 18.8. The van der Waals surface area contributed by atoms with Crippen molar-refractivity contribution >= 4 is 40.0 Å². The van der Waals surface area contributed by atoms with Crippen molar-refractivity contribution in [2.75, 3.05) is 13.2 Å². The number of aromatic nitrogens is 1. The number of carbonyl (C=O) groups is 1. The molecule has 1 unspecified atom stereocenters. The second kappa shape index (κ2) is 7.85. The molecule has 0 aliphatic carbocycles. The van der Waals surface area contributed by atoms with Gasteiger partial charge < -0.3 is 10.1 Å². The van der Waals surface area contributed by atoms with E-state index in [-0.39, 0.29) is 12.0 Å². The first kappa shape index (κ1) is 18.2. The SMILES string of the molecule is O=C(NCC1CCCO1)c1cc(-c2ccc(Cl)c(Cl)c2)nc2ccccc12. The standard InChI is InChI=1S/C21H18Cl2N2O2/c22-17-8-7-13(10-18(17)23)20-11-16(15-5-1-2-6-19(15)25-20)21(26)24-12-14-4-3-9-27-14/h1-2,5-8,10-11,14H,3-4,9,12H2,(H,24,26). The number of nitrogens with zero attached hydrogens (tertiary/aromatic N) is 1. The van der Waals surface area contributed by atoms with Crippen molar-refractivity contribution in [3.05, 3.63) is 64.1 Å². The molecule has 0 spiro atoms. The normalized spacial score (nSPS) is 16.6. The van der Waals surface area contributed by atoms with Gasteiger partial charge in [0.25, 0.3) is 5.91 Å². The third kappa shape index (κ3) is 3.93. The van der Waals surface area contributed by atoms with Crippen LogP contribution in [-0.2, 0) is 4.74 Å². The number of benzene rings is 2. The quantitative estimate of drug-likeness (QED) is 0.661. The first-order valence-electron chi connectivity index (χ1n) is 8.87. The second-order valence-electron chi connectivity index (χ2n) is 6.55. The van der Waals surface area contributed by atoms with Gasteiger partial charge >= 0.3 is 0 Å². The Kier molecular flexibility index (Phi) is 5.30. The van der Waals surface area contributed by atoms with Crippen LogP contribution in [0, 0.1) is 0 Å². The highest BCUT2D eigenvalue weighted by atomic mass is 35.5. The number of ether oxygens (including phenoxy) is 1. The Morgan fingerprint density at radius 1 is 1.15 bits per heavy atom. The molecule has 0 bridgehead atoms. The lowest BCUT2D eigenvalue weighted by molar-refractivity contribution is 0.0859. The van der Waals surface area contributed by atoms with Crippen LogP contribution in [0.15, 0.2) is 48.5 Å². The number of carbonyl (C=O) groups excluding carboxylic acids is 1. The first-order chi connectivity index (χ1) is 13.1. The summed E-state index contributed by atoms with van der Waals surface area (Å²) in [6.45, 7) is 1.28. The van der Waals surface area contributed by atoms with E-state index in [1.165, 1.54) is 0 Å². The third-order valence-electron chi connectivity index (χ3n) is 4.69. The number of amides is 1. The number of pyridine rings is 1. The summed E-state index contributed by atoms with van der Waals surface area (Å²) < 4.78 is 5.59. The van der Waals surface area contributed by atoms with Gasteiger partial charge in [0, 0.05) is 24.1 Å². The van der Waals surface area contributed by atoms with E-state index < -0.39 is 0 Å². The molecule has 0 radical (unpaired) electrons. The Hall–Kier alpha value is -2.14. The Labute approximate surface area is 167 Å². The molecule has 6 heteroatoms. The van der Waals surface area contributed by atoms with Gasteiger partial charge in [-0.2, -0.15) is 0 Å². The van der Waals surface area contributed by atoms with Crippen molar-refractivity contribution in [1.82, 2.24) is 10.3 Å². The minimum Gasteiger partial charge on any atom is -0.376 e. The maximum Gasteiger partial charge on any atom is 0.252 e. The largest absolute Gasteiger partial charge is 0.376 e. The van der Waals surface area contributed by atoms with Crippen LogP contribution >= 0.6 is 23.2 Å². The van der Waals surface area contributed by atoms with E-state index in [1.54, 1.807) is 18.2 Å². The van der Waals surface area contributed by atoms with E-state index in [4.69, 9.17) is 32.9 Å². The van der Waals surface area contributed by atoms with E-state index in [2.05, 4.69) is 5.32 Å². The molecule has 1 atom stereocenters. The van der Waals surface area contributed by atoms with E-state index in [0.717, 1.165) is 35.9 Å². The number of fused-ring (bicyclic) bond motifs is 1. The van der Waals surface area contributed by atoms with Gasteiger partial charge in [-0.05, 0) is 37.1 Å². The number of para-hydroxylation sites is 1. The third-order valence-corrected chi connectivity index (χ3v) is 5.43. The molecule has 2 aromatic carbocycles. The number of hydrogen-bond donors (Lipinski definition) is 1. The molecule has 1 aliphatic heterocycles. The van der Waals surface area contributed by atoms with Crippen LogP contribution in [0.25, 0.3) is 22.2 Å². The smallest absolute Gasteiger partial charge is 0.252 e. The van der Waals surface area contributed by atoms with Gasteiger partial charge in [-0.15, -0.1) is 0 Å². The molecule has 4 nitrogen and oxygen atoms in total. The van der Waals surface area contributed by atoms with Crippen LogP contribution in [0.4, 0.5) is 0 Å². The fourth-order valence-electron chi connectivity index (χ4n) is 3.27. The highest BCUT2D eigenvalue weighted by Crippen LogP contribution is 2.30. The molecule has 4 rings (SSSR count). The van der Waals surface area contributed by atoms with Crippen molar-refractivity contribution in [3.8, 4) is 11.3 Å². The van der Waals surface area contributed by atoms with Crippen LogP contribution in [-0.4, -0.2) is 30.1 Å².